The van der Waals surface area contributed by atoms with Gasteiger partial charge in [0, 0.05) is 5.56 Å². The molecular weight excluding hydrogens is 286 g/mol. The lowest BCUT2D eigenvalue weighted by molar-refractivity contribution is 0.260. The molecule has 2 unspecified atom stereocenters. The van der Waals surface area contributed by atoms with Gasteiger partial charge in [-0.2, -0.15) is 0 Å². The minimum absolute atomic E-state index is 0.368. The molecule has 0 bridgehead atoms. The molecule has 4 heteroatoms. The molecule has 0 amide bonds. The van der Waals surface area contributed by atoms with Gasteiger partial charge in [0.1, 0.15) is 12.4 Å². The summed E-state index contributed by atoms with van der Waals surface area (Å²) in [6.07, 6.45) is 1.15. The molecule has 2 nitrogen and oxygen atoms in total. The fraction of sp³-hybridized carbons (Fsp3) is 0.375. The lowest BCUT2D eigenvalue weighted by Gasteiger charge is -2.33. The summed E-state index contributed by atoms with van der Waals surface area (Å²) in [6, 6.07) is 13.1. The van der Waals surface area contributed by atoms with E-state index in [1.165, 1.54) is 9.77 Å². The molecule has 106 valence electrons. The van der Waals surface area contributed by atoms with E-state index in [1.54, 1.807) is 11.3 Å². The van der Waals surface area contributed by atoms with E-state index in [9.17, 15) is 0 Å². The third-order valence-electron chi connectivity index (χ3n) is 3.41. The van der Waals surface area contributed by atoms with E-state index in [2.05, 4.69) is 48.0 Å². The molecule has 1 aliphatic rings. The van der Waals surface area contributed by atoms with Crippen LogP contribution in [0.1, 0.15) is 24.9 Å². The fourth-order valence-electron chi connectivity index (χ4n) is 2.46. The number of thioether (sulfide) groups is 1. The van der Waals surface area contributed by atoms with Gasteiger partial charge in [0.05, 0.1) is 15.5 Å². The highest BCUT2D eigenvalue weighted by atomic mass is 32.2. The number of rotatable bonds is 5. The largest absolute Gasteiger partial charge is 0.492 e. The molecule has 1 aromatic carbocycles. The normalized spacial score (nSPS) is 21.2. The molecule has 1 aliphatic heterocycles. The molecule has 1 N–H and O–H groups in total. The van der Waals surface area contributed by atoms with Crippen LogP contribution in [0.4, 0.5) is 0 Å². The first-order chi connectivity index (χ1) is 9.88. The van der Waals surface area contributed by atoms with Crippen LogP contribution in [0.2, 0.25) is 0 Å². The Morgan fingerprint density at radius 3 is 3.00 bits per heavy atom. The topological polar surface area (TPSA) is 21.3 Å². The Bertz CT molecular complexity index is 541. The van der Waals surface area contributed by atoms with Crippen LogP contribution in [0.25, 0.3) is 0 Å². The molecule has 0 spiro atoms. The van der Waals surface area contributed by atoms with E-state index in [1.807, 2.05) is 17.8 Å². The molecule has 2 heterocycles. The van der Waals surface area contributed by atoms with Gasteiger partial charge in [-0.05, 0) is 30.5 Å². The number of hydrogen-bond acceptors (Lipinski definition) is 4. The molecule has 0 radical (unpaired) electrons. The average Bonchev–Trinajstić information content (AvgIpc) is 2.99. The van der Waals surface area contributed by atoms with Crippen molar-refractivity contribution in [2.24, 2.45) is 0 Å². The summed E-state index contributed by atoms with van der Waals surface area (Å²) in [4.78, 5) is 0. The Kier molecular flexibility index (Phi) is 4.65. The minimum atomic E-state index is 0.368. The van der Waals surface area contributed by atoms with Crippen molar-refractivity contribution < 1.29 is 4.74 Å². The monoisotopic (exact) mass is 305 g/mol. The molecule has 2 atom stereocenters. The Morgan fingerprint density at radius 2 is 2.20 bits per heavy atom. The lowest BCUT2D eigenvalue weighted by atomic mass is 10.00. The first-order valence-electron chi connectivity index (χ1n) is 7.03. The van der Waals surface area contributed by atoms with Crippen LogP contribution in [-0.2, 0) is 0 Å². The van der Waals surface area contributed by atoms with Gasteiger partial charge in [-0.25, -0.2) is 0 Å². The van der Waals surface area contributed by atoms with E-state index in [0.29, 0.717) is 11.3 Å². The van der Waals surface area contributed by atoms with E-state index in [0.717, 1.165) is 25.3 Å². The van der Waals surface area contributed by atoms with E-state index in [4.69, 9.17) is 4.74 Å². The van der Waals surface area contributed by atoms with Gasteiger partial charge in [-0.15, -0.1) is 23.1 Å². The highest BCUT2D eigenvalue weighted by molar-refractivity contribution is 8.01. The summed E-state index contributed by atoms with van der Waals surface area (Å²) in [5, 5.41) is 6.25. The molecule has 20 heavy (non-hydrogen) atoms. The predicted octanol–water partition coefficient (Wildman–Crippen LogP) is 4.34. The number of ether oxygens (including phenoxy) is 1. The Balaban J connectivity index is 1.82. The summed E-state index contributed by atoms with van der Waals surface area (Å²) in [5.41, 5.74) is 1.29. The number of hydrogen-bond donors (Lipinski definition) is 1. The second-order valence-corrected chi connectivity index (χ2v) is 7.36. The summed E-state index contributed by atoms with van der Waals surface area (Å²) in [7, 11) is 0. The summed E-state index contributed by atoms with van der Waals surface area (Å²) in [5.74, 6) is 1.03. The van der Waals surface area contributed by atoms with Crippen molar-refractivity contribution in [3.05, 3.63) is 47.3 Å². The highest BCUT2D eigenvalue weighted by Crippen LogP contribution is 2.40. The van der Waals surface area contributed by atoms with Crippen LogP contribution < -0.4 is 10.1 Å². The van der Waals surface area contributed by atoms with Crippen LogP contribution in [-0.4, -0.2) is 18.4 Å². The van der Waals surface area contributed by atoms with Crippen molar-refractivity contribution in [3.63, 3.8) is 0 Å². The van der Waals surface area contributed by atoms with Gasteiger partial charge in [-0.1, -0.05) is 31.2 Å². The van der Waals surface area contributed by atoms with Crippen molar-refractivity contribution >= 4 is 23.1 Å². The zero-order chi connectivity index (χ0) is 13.8. The Labute approximate surface area is 128 Å². The highest BCUT2D eigenvalue weighted by Gasteiger charge is 2.31. The number of para-hydroxylation sites is 1. The smallest absolute Gasteiger partial charge is 0.124 e. The maximum atomic E-state index is 5.94. The SMILES string of the molecule is CCCNC1c2ccccc2OCC1Sc1cccs1. The Hall–Kier alpha value is -0.970. The molecule has 1 aromatic heterocycles. The molecule has 0 saturated heterocycles. The minimum Gasteiger partial charge on any atom is -0.492 e. The first kappa shape index (κ1) is 14.0. The number of thiophene rings is 1. The number of fused-ring (bicyclic) bond motifs is 1. The molecule has 0 saturated carbocycles. The molecular formula is C16H19NOS2. The third-order valence-corrected chi connectivity index (χ3v) is 5.72. The second-order valence-electron chi connectivity index (χ2n) is 4.87. The molecule has 0 fully saturated rings. The first-order valence-corrected chi connectivity index (χ1v) is 8.79. The summed E-state index contributed by atoms with van der Waals surface area (Å²) >= 11 is 3.73. The second kappa shape index (κ2) is 6.66. The fourth-order valence-corrected chi connectivity index (χ4v) is 4.64. The Morgan fingerprint density at radius 1 is 1.30 bits per heavy atom. The van der Waals surface area contributed by atoms with Crippen LogP contribution in [0, 0.1) is 0 Å². The zero-order valence-electron chi connectivity index (χ0n) is 11.5. The lowest BCUT2D eigenvalue weighted by Crippen LogP contribution is -2.37. The quantitative estimate of drug-likeness (QED) is 0.888. The van der Waals surface area contributed by atoms with Gasteiger partial charge in [0.2, 0.25) is 0 Å². The van der Waals surface area contributed by atoms with Crippen LogP contribution in [0.15, 0.2) is 46.0 Å². The van der Waals surface area contributed by atoms with Gasteiger partial charge >= 0.3 is 0 Å². The molecule has 0 aliphatic carbocycles. The molecule has 2 aromatic rings. The number of benzene rings is 1. The number of nitrogens with one attached hydrogen (secondary N) is 1. The summed E-state index contributed by atoms with van der Waals surface area (Å²) < 4.78 is 7.30. The van der Waals surface area contributed by atoms with Crippen molar-refractivity contribution in [2.45, 2.75) is 28.8 Å². The molecule has 3 rings (SSSR count). The van der Waals surface area contributed by atoms with E-state index >= 15 is 0 Å². The van der Waals surface area contributed by atoms with Gasteiger partial charge in [-0.3, -0.25) is 0 Å². The predicted molar refractivity (Wildman–Crippen MR) is 86.9 cm³/mol. The van der Waals surface area contributed by atoms with Crippen molar-refractivity contribution in [1.29, 1.82) is 0 Å². The summed E-state index contributed by atoms with van der Waals surface area (Å²) in [6.45, 7) is 4.01. The maximum absolute atomic E-state index is 5.94. The van der Waals surface area contributed by atoms with Crippen LogP contribution >= 0.6 is 23.1 Å². The van der Waals surface area contributed by atoms with Gasteiger partial charge in [0.15, 0.2) is 0 Å². The van der Waals surface area contributed by atoms with Gasteiger partial charge < -0.3 is 10.1 Å². The standard InChI is InChI=1S/C16H19NOS2/c1-2-9-17-16-12-6-3-4-7-13(12)18-11-14(16)20-15-8-5-10-19-15/h3-8,10,14,16-17H,2,9,11H2,1H3. The van der Waals surface area contributed by atoms with Crippen LogP contribution in [0.5, 0.6) is 5.75 Å². The maximum Gasteiger partial charge on any atom is 0.124 e. The van der Waals surface area contributed by atoms with Crippen molar-refractivity contribution in [1.82, 2.24) is 5.32 Å². The third kappa shape index (κ3) is 3.03. The van der Waals surface area contributed by atoms with Crippen LogP contribution in [0.3, 0.4) is 0 Å². The zero-order valence-corrected chi connectivity index (χ0v) is 13.2. The van der Waals surface area contributed by atoms with Crippen molar-refractivity contribution in [3.8, 4) is 5.75 Å². The van der Waals surface area contributed by atoms with Gasteiger partial charge in [0.25, 0.3) is 0 Å². The van der Waals surface area contributed by atoms with Crippen molar-refractivity contribution in [2.75, 3.05) is 13.2 Å². The van der Waals surface area contributed by atoms with E-state index in [-0.39, 0.29) is 0 Å². The average molecular weight is 305 g/mol. The van der Waals surface area contributed by atoms with E-state index < -0.39 is 0 Å².